The zero-order valence-corrected chi connectivity index (χ0v) is 13.3. The topological polar surface area (TPSA) is 17.1 Å². The van der Waals surface area contributed by atoms with E-state index in [1.807, 2.05) is 0 Å². The van der Waals surface area contributed by atoms with Crippen molar-refractivity contribution in [2.75, 3.05) is 0 Å². The third kappa shape index (κ3) is 1.64. The van der Waals surface area contributed by atoms with Crippen molar-refractivity contribution in [1.29, 1.82) is 0 Å². The SMILES string of the molecule is C[C@@]12CCC(=O)[C@@H]1[C@@H]1CC[C@H]3CCCC[C@]3(C)[C@H]1CC2. The van der Waals surface area contributed by atoms with Crippen molar-refractivity contribution >= 4 is 5.78 Å². The van der Waals surface area contributed by atoms with Gasteiger partial charge in [0.15, 0.2) is 0 Å². The number of hydrogen-bond donors (Lipinski definition) is 0. The summed E-state index contributed by atoms with van der Waals surface area (Å²) < 4.78 is 0. The molecule has 0 bridgehead atoms. The average molecular weight is 274 g/mol. The number of fused-ring (bicyclic) bond motifs is 5. The van der Waals surface area contributed by atoms with Gasteiger partial charge in [0.2, 0.25) is 0 Å². The van der Waals surface area contributed by atoms with E-state index in [2.05, 4.69) is 13.8 Å². The van der Waals surface area contributed by atoms with Crippen molar-refractivity contribution < 1.29 is 4.79 Å². The fourth-order valence-corrected chi connectivity index (χ4v) is 7.05. The second kappa shape index (κ2) is 4.34. The molecule has 1 heteroatoms. The normalized spacial score (nSPS) is 55.0. The number of hydrogen-bond acceptors (Lipinski definition) is 1. The quantitative estimate of drug-likeness (QED) is 0.608. The Labute approximate surface area is 123 Å². The Kier molecular flexibility index (Phi) is 2.89. The molecule has 0 N–H and O–H groups in total. The number of carbonyl (C=O) groups excluding carboxylic acids is 1. The molecule has 0 aromatic heterocycles. The smallest absolute Gasteiger partial charge is 0.136 e. The summed E-state index contributed by atoms with van der Waals surface area (Å²) in [6.45, 7) is 5.02. The molecule has 0 unspecified atom stereocenters. The van der Waals surface area contributed by atoms with E-state index in [4.69, 9.17) is 0 Å². The molecule has 0 amide bonds. The molecule has 0 spiro atoms. The Morgan fingerprint density at radius 3 is 2.65 bits per heavy atom. The summed E-state index contributed by atoms with van der Waals surface area (Å²) in [7, 11) is 0. The highest BCUT2D eigenvalue weighted by Crippen LogP contribution is 2.65. The molecule has 0 aromatic carbocycles. The van der Waals surface area contributed by atoms with Gasteiger partial charge in [-0.1, -0.05) is 26.7 Å². The minimum absolute atomic E-state index is 0.371. The molecule has 0 radical (unpaired) electrons. The second-order valence-corrected chi connectivity index (χ2v) is 8.93. The second-order valence-electron chi connectivity index (χ2n) is 8.93. The molecule has 20 heavy (non-hydrogen) atoms. The molecule has 112 valence electrons. The van der Waals surface area contributed by atoms with Crippen LogP contribution in [0.2, 0.25) is 0 Å². The van der Waals surface area contributed by atoms with Crippen LogP contribution in [0.1, 0.15) is 78.1 Å². The lowest BCUT2D eigenvalue weighted by molar-refractivity contribution is -0.138. The molecule has 0 heterocycles. The molecule has 4 fully saturated rings. The van der Waals surface area contributed by atoms with Gasteiger partial charge in [0.05, 0.1) is 0 Å². The lowest BCUT2D eigenvalue weighted by Gasteiger charge is -2.59. The van der Waals surface area contributed by atoms with Crippen molar-refractivity contribution in [2.45, 2.75) is 78.1 Å². The lowest BCUT2D eigenvalue weighted by atomic mass is 9.45. The molecule has 0 aromatic rings. The zero-order chi connectivity index (χ0) is 14.0. The fraction of sp³-hybridized carbons (Fsp3) is 0.947. The van der Waals surface area contributed by atoms with E-state index in [0.717, 1.165) is 24.2 Å². The van der Waals surface area contributed by atoms with Crippen LogP contribution in [0.15, 0.2) is 0 Å². The van der Waals surface area contributed by atoms with Crippen molar-refractivity contribution in [3.63, 3.8) is 0 Å². The first kappa shape index (κ1) is 13.3. The Balaban J connectivity index is 1.68. The predicted octanol–water partition coefficient (Wildman–Crippen LogP) is 4.99. The first-order chi connectivity index (χ1) is 9.55. The van der Waals surface area contributed by atoms with Crippen LogP contribution in [0.25, 0.3) is 0 Å². The van der Waals surface area contributed by atoms with E-state index in [9.17, 15) is 4.79 Å². The van der Waals surface area contributed by atoms with E-state index < -0.39 is 0 Å². The molecule has 0 aliphatic heterocycles. The average Bonchev–Trinajstić information content (AvgIpc) is 2.74. The van der Waals surface area contributed by atoms with Crippen LogP contribution >= 0.6 is 0 Å². The molecule has 4 rings (SSSR count). The Morgan fingerprint density at radius 1 is 0.950 bits per heavy atom. The maximum Gasteiger partial charge on any atom is 0.136 e. The monoisotopic (exact) mass is 274 g/mol. The summed E-state index contributed by atoms with van der Waals surface area (Å²) in [6.07, 6.45) is 13.4. The minimum atomic E-state index is 0.371. The molecular weight excluding hydrogens is 244 g/mol. The van der Waals surface area contributed by atoms with Crippen LogP contribution in [0, 0.1) is 34.5 Å². The molecule has 6 atom stereocenters. The minimum Gasteiger partial charge on any atom is -0.299 e. The van der Waals surface area contributed by atoms with Crippen LogP contribution in [-0.2, 0) is 4.79 Å². The molecule has 4 saturated carbocycles. The van der Waals surface area contributed by atoms with Crippen molar-refractivity contribution in [3.8, 4) is 0 Å². The highest BCUT2D eigenvalue weighted by molar-refractivity contribution is 5.84. The van der Waals surface area contributed by atoms with Crippen LogP contribution < -0.4 is 0 Å². The molecule has 1 nitrogen and oxygen atoms in total. The molecule has 4 aliphatic rings. The van der Waals surface area contributed by atoms with Gasteiger partial charge >= 0.3 is 0 Å². The van der Waals surface area contributed by atoms with Gasteiger partial charge in [0.1, 0.15) is 5.78 Å². The van der Waals surface area contributed by atoms with E-state index in [-0.39, 0.29) is 0 Å². The standard InChI is InChI=1S/C19H30O/c1-18-11-8-15-14(17(18)16(20)9-12-18)7-6-13-5-3-4-10-19(13,15)2/h13-15,17H,3-12H2,1-2H3/t13-,14-,15+,17+,18-,19+/m1/s1. The first-order valence-electron chi connectivity index (χ1n) is 9.07. The summed E-state index contributed by atoms with van der Waals surface area (Å²) in [5.41, 5.74) is 0.946. The number of rotatable bonds is 0. The number of ketones is 1. The van der Waals surface area contributed by atoms with Gasteiger partial charge < -0.3 is 0 Å². The maximum absolute atomic E-state index is 12.5. The first-order valence-corrected chi connectivity index (χ1v) is 9.07. The highest BCUT2D eigenvalue weighted by atomic mass is 16.1. The largest absolute Gasteiger partial charge is 0.299 e. The van der Waals surface area contributed by atoms with E-state index in [1.54, 1.807) is 0 Å². The maximum atomic E-state index is 12.5. The summed E-state index contributed by atoms with van der Waals surface area (Å²) in [5.74, 6) is 3.63. The van der Waals surface area contributed by atoms with E-state index in [1.165, 1.54) is 57.8 Å². The van der Waals surface area contributed by atoms with E-state index in [0.29, 0.717) is 22.5 Å². The van der Waals surface area contributed by atoms with Gasteiger partial charge in [-0.05, 0) is 73.5 Å². The molecular formula is C19H30O. The Bertz CT molecular complexity index is 427. The fourth-order valence-electron chi connectivity index (χ4n) is 7.05. The van der Waals surface area contributed by atoms with Gasteiger partial charge in [-0.25, -0.2) is 0 Å². The van der Waals surface area contributed by atoms with Crippen LogP contribution in [0.3, 0.4) is 0 Å². The van der Waals surface area contributed by atoms with E-state index >= 15 is 0 Å². The summed E-state index contributed by atoms with van der Waals surface area (Å²) in [4.78, 5) is 12.5. The molecule has 4 aliphatic carbocycles. The third-order valence-corrected chi connectivity index (χ3v) is 8.16. The van der Waals surface area contributed by atoms with Gasteiger partial charge in [0, 0.05) is 12.3 Å². The summed E-state index contributed by atoms with van der Waals surface area (Å²) in [5, 5.41) is 0. The Morgan fingerprint density at radius 2 is 1.80 bits per heavy atom. The number of carbonyl (C=O) groups is 1. The highest BCUT2D eigenvalue weighted by Gasteiger charge is 2.59. The Hall–Kier alpha value is -0.330. The van der Waals surface area contributed by atoms with Crippen LogP contribution in [0.5, 0.6) is 0 Å². The van der Waals surface area contributed by atoms with Crippen LogP contribution in [0.4, 0.5) is 0 Å². The summed E-state index contributed by atoms with van der Waals surface area (Å²) in [6, 6.07) is 0. The molecule has 0 saturated heterocycles. The third-order valence-electron chi connectivity index (χ3n) is 8.16. The van der Waals surface area contributed by atoms with Crippen LogP contribution in [-0.4, -0.2) is 5.78 Å². The van der Waals surface area contributed by atoms with Gasteiger partial charge in [0.25, 0.3) is 0 Å². The van der Waals surface area contributed by atoms with Gasteiger partial charge in [-0.15, -0.1) is 0 Å². The number of Topliss-reactive ketones (excluding diaryl/α,β-unsaturated/α-hetero) is 1. The summed E-state index contributed by atoms with van der Waals surface area (Å²) >= 11 is 0. The van der Waals surface area contributed by atoms with Crippen molar-refractivity contribution in [2.24, 2.45) is 34.5 Å². The predicted molar refractivity (Wildman–Crippen MR) is 81.4 cm³/mol. The lowest BCUT2D eigenvalue weighted by Crippen LogP contribution is -2.53. The van der Waals surface area contributed by atoms with Crippen molar-refractivity contribution in [1.82, 2.24) is 0 Å². The van der Waals surface area contributed by atoms with Crippen molar-refractivity contribution in [3.05, 3.63) is 0 Å². The van der Waals surface area contributed by atoms with Gasteiger partial charge in [-0.3, -0.25) is 4.79 Å². The zero-order valence-electron chi connectivity index (χ0n) is 13.3. The van der Waals surface area contributed by atoms with Gasteiger partial charge in [-0.2, -0.15) is 0 Å².